The third-order valence-electron chi connectivity index (χ3n) is 6.09. The first-order chi connectivity index (χ1) is 15.6. The van der Waals surface area contributed by atoms with Crippen LogP contribution < -0.4 is 15.2 Å². The second-order valence-electron chi connectivity index (χ2n) is 8.24. The quantitative estimate of drug-likeness (QED) is 0.688. The molecule has 1 saturated heterocycles. The lowest BCUT2D eigenvalue weighted by Crippen LogP contribution is -2.58. The number of hydrogen-bond acceptors (Lipinski definition) is 5. The molecule has 0 aliphatic carbocycles. The first-order valence-corrected chi connectivity index (χ1v) is 10.8. The molecule has 0 saturated carbocycles. The number of hydrogen-bond donors (Lipinski definition) is 1. The molecular formula is C25H25N3O4. The number of pyridine rings is 1. The van der Waals surface area contributed by atoms with Crippen molar-refractivity contribution in [2.24, 2.45) is 0 Å². The van der Waals surface area contributed by atoms with Gasteiger partial charge in [0.1, 0.15) is 13.3 Å². The second-order valence-corrected chi connectivity index (χ2v) is 8.24. The zero-order chi connectivity index (χ0) is 22.1. The van der Waals surface area contributed by atoms with Crippen molar-refractivity contribution in [1.29, 1.82) is 0 Å². The summed E-state index contributed by atoms with van der Waals surface area (Å²) in [5, 5.41) is 12.6. The van der Waals surface area contributed by atoms with Crippen LogP contribution in [0.1, 0.15) is 40.5 Å². The number of carbonyl (C=O) groups is 1. The van der Waals surface area contributed by atoms with Gasteiger partial charge in [-0.1, -0.05) is 60.7 Å². The number of carbonyl (C=O) groups excluding carboxylic acids is 1. The van der Waals surface area contributed by atoms with Crippen LogP contribution in [0.15, 0.2) is 77.7 Å². The van der Waals surface area contributed by atoms with Crippen LogP contribution in [0.5, 0.6) is 5.75 Å². The molecule has 1 fully saturated rings. The summed E-state index contributed by atoms with van der Waals surface area (Å²) in [6, 6.07) is 21.0. The van der Waals surface area contributed by atoms with Gasteiger partial charge in [0, 0.05) is 18.8 Å². The first-order valence-electron chi connectivity index (χ1n) is 10.8. The van der Waals surface area contributed by atoms with Crippen molar-refractivity contribution in [2.45, 2.75) is 31.6 Å². The van der Waals surface area contributed by atoms with Crippen LogP contribution in [0.2, 0.25) is 0 Å². The van der Waals surface area contributed by atoms with E-state index in [-0.39, 0.29) is 42.0 Å². The Morgan fingerprint density at radius 2 is 1.66 bits per heavy atom. The zero-order valence-electron chi connectivity index (χ0n) is 17.6. The maximum Gasteiger partial charge on any atom is 0.277 e. The van der Waals surface area contributed by atoms with Crippen LogP contribution in [0.4, 0.5) is 0 Å². The highest BCUT2D eigenvalue weighted by atomic mass is 16.5. The largest absolute Gasteiger partial charge is 0.482 e. The minimum absolute atomic E-state index is 0.0397. The van der Waals surface area contributed by atoms with Crippen LogP contribution in [0.25, 0.3) is 0 Å². The van der Waals surface area contributed by atoms with Crippen LogP contribution in [-0.4, -0.2) is 39.9 Å². The smallest absolute Gasteiger partial charge is 0.277 e. The lowest BCUT2D eigenvalue weighted by molar-refractivity contribution is 0.0445. The van der Waals surface area contributed by atoms with Crippen molar-refractivity contribution < 1.29 is 14.6 Å². The Labute approximate surface area is 186 Å². The van der Waals surface area contributed by atoms with E-state index < -0.39 is 6.10 Å². The first kappa shape index (κ1) is 20.3. The molecule has 7 heteroatoms. The van der Waals surface area contributed by atoms with Crippen LogP contribution in [0, 0.1) is 0 Å². The van der Waals surface area contributed by atoms with E-state index in [1.807, 2.05) is 48.5 Å². The normalized spacial score (nSPS) is 20.3. The number of nitrogens with zero attached hydrogens (tertiary/aromatic N) is 3. The van der Waals surface area contributed by atoms with Crippen LogP contribution in [0.3, 0.4) is 0 Å². The standard InChI is InChI=1S/C25H25N3O4/c29-20-11-12-21(19-9-5-2-6-10-19)28-17-26(15-20)25(31)23-24(22(30)13-14-27(23)28)32-16-18-7-3-1-4-8-18/h1-10,13-14,20-21,29H,11-12,15-17H2. The molecule has 32 heavy (non-hydrogen) atoms. The Bertz CT molecular complexity index is 1160. The highest BCUT2D eigenvalue weighted by Crippen LogP contribution is 2.32. The fourth-order valence-electron chi connectivity index (χ4n) is 4.49. The van der Waals surface area contributed by atoms with E-state index in [1.54, 1.807) is 15.8 Å². The maximum absolute atomic E-state index is 13.4. The maximum atomic E-state index is 13.4. The minimum atomic E-state index is -0.622. The number of fused-ring (bicyclic) bond motifs is 4. The highest BCUT2D eigenvalue weighted by Gasteiger charge is 2.38. The summed E-state index contributed by atoms with van der Waals surface area (Å²) in [4.78, 5) is 27.8. The molecule has 0 radical (unpaired) electrons. The van der Waals surface area contributed by atoms with E-state index in [1.165, 1.54) is 6.07 Å². The topological polar surface area (TPSA) is 75.0 Å². The van der Waals surface area contributed by atoms with Gasteiger partial charge < -0.3 is 14.7 Å². The average molecular weight is 431 g/mol. The van der Waals surface area contributed by atoms with Gasteiger partial charge in [0.15, 0.2) is 11.4 Å². The molecular weight excluding hydrogens is 406 g/mol. The highest BCUT2D eigenvalue weighted by molar-refractivity contribution is 5.96. The zero-order valence-corrected chi connectivity index (χ0v) is 17.6. The van der Waals surface area contributed by atoms with Crippen molar-refractivity contribution in [1.82, 2.24) is 9.58 Å². The molecule has 5 rings (SSSR count). The van der Waals surface area contributed by atoms with Gasteiger partial charge in [0.05, 0.1) is 12.1 Å². The van der Waals surface area contributed by atoms with E-state index in [2.05, 4.69) is 17.1 Å². The van der Waals surface area contributed by atoms with E-state index in [0.717, 1.165) is 17.5 Å². The molecule has 164 valence electrons. The number of ether oxygens (including phenoxy) is 1. The summed E-state index contributed by atoms with van der Waals surface area (Å²) < 4.78 is 7.69. The van der Waals surface area contributed by atoms with Gasteiger partial charge in [-0.15, -0.1) is 0 Å². The van der Waals surface area contributed by atoms with Gasteiger partial charge in [0.2, 0.25) is 5.43 Å². The molecule has 1 aromatic heterocycles. The molecule has 2 atom stereocenters. The van der Waals surface area contributed by atoms with Gasteiger partial charge >= 0.3 is 0 Å². The molecule has 2 bridgehead atoms. The minimum Gasteiger partial charge on any atom is -0.482 e. The monoisotopic (exact) mass is 431 g/mol. The molecule has 2 aromatic carbocycles. The third-order valence-corrected chi connectivity index (χ3v) is 6.09. The Morgan fingerprint density at radius 1 is 0.938 bits per heavy atom. The summed E-state index contributed by atoms with van der Waals surface area (Å²) in [5.74, 6) is -0.271. The molecule has 1 N–H and O–H groups in total. The molecule has 0 spiro atoms. The fourth-order valence-corrected chi connectivity index (χ4v) is 4.49. The van der Waals surface area contributed by atoms with Crippen molar-refractivity contribution in [3.05, 3.63) is 100.0 Å². The van der Waals surface area contributed by atoms with Gasteiger partial charge in [-0.3, -0.25) is 19.3 Å². The Balaban J connectivity index is 1.59. The Kier molecular flexibility index (Phi) is 5.41. The summed E-state index contributed by atoms with van der Waals surface area (Å²) in [6.07, 6.45) is 2.32. The van der Waals surface area contributed by atoms with Gasteiger partial charge in [-0.25, -0.2) is 0 Å². The van der Waals surface area contributed by atoms with Gasteiger partial charge in [-0.2, -0.15) is 0 Å². The van der Waals surface area contributed by atoms with Crippen molar-refractivity contribution in [3.8, 4) is 5.75 Å². The summed E-state index contributed by atoms with van der Waals surface area (Å²) in [5.41, 5.74) is 1.86. The van der Waals surface area contributed by atoms with Gasteiger partial charge in [-0.05, 0) is 24.0 Å². The SMILES string of the molecule is O=C1c2c(OCc3ccccc3)c(=O)ccn2N2CN1CC(O)CCC2c1ccccc1. The predicted octanol–water partition coefficient (Wildman–Crippen LogP) is 2.67. The summed E-state index contributed by atoms with van der Waals surface area (Å²) in [6.45, 7) is 0.729. The van der Waals surface area contributed by atoms with Crippen molar-refractivity contribution in [2.75, 3.05) is 18.2 Å². The van der Waals surface area contributed by atoms with E-state index in [0.29, 0.717) is 13.1 Å². The molecule has 7 nitrogen and oxygen atoms in total. The molecule has 3 aromatic rings. The Hall–Kier alpha value is -3.58. The number of aliphatic hydroxyl groups excluding tert-OH is 1. The lowest BCUT2D eigenvalue weighted by atomic mass is 9.97. The number of aromatic nitrogens is 1. The lowest BCUT2D eigenvalue weighted by Gasteiger charge is -2.46. The van der Waals surface area contributed by atoms with E-state index in [9.17, 15) is 14.7 Å². The molecule has 2 aliphatic heterocycles. The van der Waals surface area contributed by atoms with Crippen LogP contribution in [-0.2, 0) is 6.61 Å². The molecule has 2 aliphatic rings. The Morgan fingerprint density at radius 3 is 2.41 bits per heavy atom. The number of aliphatic hydroxyl groups is 1. The van der Waals surface area contributed by atoms with Crippen LogP contribution >= 0.6 is 0 Å². The fraction of sp³-hybridized carbons (Fsp3) is 0.280. The number of rotatable bonds is 4. The van der Waals surface area contributed by atoms with Crippen molar-refractivity contribution >= 4 is 5.91 Å². The summed E-state index contributed by atoms with van der Waals surface area (Å²) >= 11 is 0. The van der Waals surface area contributed by atoms with E-state index >= 15 is 0 Å². The third kappa shape index (κ3) is 3.76. The van der Waals surface area contributed by atoms with E-state index in [4.69, 9.17) is 4.74 Å². The predicted molar refractivity (Wildman–Crippen MR) is 120 cm³/mol. The summed E-state index contributed by atoms with van der Waals surface area (Å²) in [7, 11) is 0. The number of benzene rings is 2. The molecule has 1 amide bonds. The number of amides is 1. The van der Waals surface area contributed by atoms with Gasteiger partial charge in [0.25, 0.3) is 5.91 Å². The average Bonchev–Trinajstić information content (AvgIpc) is 2.81. The van der Waals surface area contributed by atoms with Crippen molar-refractivity contribution in [3.63, 3.8) is 0 Å². The second kappa shape index (κ2) is 8.51. The molecule has 3 heterocycles. The molecule has 2 unspecified atom stereocenters.